The summed E-state index contributed by atoms with van der Waals surface area (Å²) >= 11 is 0. The normalized spacial score (nSPS) is 12.2. The van der Waals surface area contributed by atoms with Crippen LogP contribution in [0.4, 0.5) is 10.1 Å². The summed E-state index contributed by atoms with van der Waals surface area (Å²) in [4.78, 5) is 0. The van der Waals surface area contributed by atoms with E-state index < -0.39 is 0 Å². The second-order valence-corrected chi connectivity index (χ2v) is 4.79. The second-order valence-electron chi connectivity index (χ2n) is 4.79. The summed E-state index contributed by atoms with van der Waals surface area (Å²) in [6.45, 7) is 6.28. The molecule has 0 aliphatic rings. The molecule has 0 fully saturated rings. The van der Waals surface area contributed by atoms with Crippen LogP contribution in [0.15, 0.2) is 24.4 Å². The van der Waals surface area contributed by atoms with Gasteiger partial charge in [-0.15, -0.1) is 0 Å². The van der Waals surface area contributed by atoms with E-state index in [1.165, 1.54) is 6.07 Å². The number of anilines is 1. The van der Waals surface area contributed by atoms with E-state index in [1.54, 1.807) is 10.7 Å². The molecule has 0 amide bonds. The van der Waals surface area contributed by atoms with Crippen LogP contribution in [0.1, 0.15) is 31.1 Å². The molecule has 1 heterocycles. The van der Waals surface area contributed by atoms with Crippen LogP contribution in [-0.4, -0.2) is 16.4 Å². The van der Waals surface area contributed by atoms with Crippen LogP contribution in [0.5, 0.6) is 5.75 Å². The van der Waals surface area contributed by atoms with E-state index in [-0.39, 0.29) is 17.6 Å². The molecule has 0 spiro atoms. The number of nitrogens with zero attached hydrogens (tertiary/aromatic N) is 2. The molecule has 0 aliphatic carbocycles. The van der Waals surface area contributed by atoms with Crippen LogP contribution in [0.25, 0.3) is 0 Å². The average Bonchev–Trinajstić information content (AvgIpc) is 2.72. The van der Waals surface area contributed by atoms with Crippen molar-refractivity contribution in [3.05, 3.63) is 41.5 Å². The quantitative estimate of drug-likeness (QED) is 0.910. The van der Waals surface area contributed by atoms with Crippen LogP contribution in [-0.2, 0) is 7.05 Å². The third-order valence-corrected chi connectivity index (χ3v) is 3.13. The Morgan fingerprint density at radius 3 is 2.75 bits per heavy atom. The molecule has 5 heteroatoms. The van der Waals surface area contributed by atoms with E-state index in [0.717, 1.165) is 16.9 Å². The van der Waals surface area contributed by atoms with Crippen molar-refractivity contribution in [2.75, 3.05) is 11.9 Å². The number of halogens is 1. The minimum atomic E-state index is -0.355. The first-order chi connectivity index (χ1) is 9.51. The van der Waals surface area contributed by atoms with E-state index in [4.69, 9.17) is 4.74 Å². The minimum Gasteiger partial charge on any atom is -0.491 e. The molecule has 4 nitrogen and oxygen atoms in total. The number of hydrogen-bond acceptors (Lipinski definition) is 3. The molecule has 1 aromatic carbocycles. The van der Waals surface area contributed by atoms with Gasteiger partial charge in [0.1, 0.15) is 0 Å². The number of hydrogen-bond donors (Lipinski definition) is 1. The van der Waals surface area contributed by atoms with Crippen molar-refractivity contribution in [3.63, 3.8) is 0 Å². The van der Waals surface area contributed by atoms with Crippen molar-refractivity contribution in [2.24, 2.45) is 7.05 Å². The van der Waals surface area contributed by atoms with Crippen LogP contribution >= 0.6 is 0 Å². The Bertz CT molecular complexity index is 595. The molecular weight excluding hydrogens is 257 g/mol. The van der Waals surface area contributed by atoms with Gasteiger partial charge < -0.3 is 10.1 Å². The van der Waals surface area contributed by atoms with E-state index in [2.05, 4.69) is 10.4 Å². The Kier molecular flexibility index (Phi) is 4.27. The summed E-state index contributed by atoms with van der Waals surface area (Å²) in [5.74, 6) is -0.0739. The average molecular weight is 277 g/mol. The smallest absolute Gasteiger partial charge is 0.167 e. The van der Waals surface area contributed by atoms with E-state index >= 15 is 0 Å². The first-order valence-electron chi connectivity index (χ1n) is 6.70. The number of rotatable bonds is 5. The van der Waals surface area contributed by atoms with Crippen molar-refractivity contribution in [1.82, 2.24) is 9.78 Å². The molecule has 0 aliphatic heterocycles. The molecule has 20 heavy (non-hydrogen) atoms. The summed E-state index contributed by atoms with van der Waals surface area (Å²) in [5.41, 5.74) is 2.79. The molecule has 0 saturated heterocycles. The lowest BCUT2D eigenvalue weighted by Crippen LogP contribution is -2.07. The molecule has 1 aromatic heterocycles. The van der Waals surface area contributed by atoms with Gasteiger partial charge in [-0.05, 0) is 32.9 Å². The summed E-state index contributed by atoms with van der Waals surface area (Å²) in [6.07, 6.45) is 1.97. The van der Waals surface area contributed by atoms with Gasteiger partial charge in [0.2, 0.25) is 0 Å². The van der Waals surface area contributed by atoms with E-state index in [9.17, 15) is 4.39 Å². The van der Waals surface area contributed by atoms with Crippen molar-refractivity contribution in [2.45, 2.75) is 26.8 Å². The molecule has 1 unspecified atom stereocenters. The molecule has 2 rings (SSSR count). The Hall–Kier alpha value is -2.04. The van der Waals surface area contributed by atoms with Crippen molar-refractivity contribution in [1.29, 1.82) is 0 Å². The third-order valence-electron chi connectivity index (χ3n) is 3.13. The molecule has 0 saturated carbocycles. The number of ether oxygens (including phenoxy) is 1. The zero-order valence-electron chi connectivity index (χ0n) is 12.3. The number of nitrogens with one attached hydrogen (secondary N) is 1. The zero-order valence-corrected chi connectivity index (χ0v) is 12.3. The summed E-state index contributed by atoms with van der Waals surface area (Å²) in [6, 6.07) is 4.97. The van der Waals surface area contributed by atoms with E-state index in [0.29, 0.717) is 6.61 Å². The van der Waals surface area contributed by atoms with Gasteiger partial charge in [0.05, 0.1) is 18.3 Å². The van der Waals surface area contributed by atoms with Crippen LogP contribution in [0.3, 0.4) is 0 Å². The Balaban J connectivity index is 2.13. The molecule has 2 aromatic rings. The maximum absolute atomic E-state index is 13.8. The predicted octanol–water partition coefficient (Wildman–Crippen LogP) is 3.44. The fraction of sp³-hybridized carbons (Fsp3) is 0.400. The Morgan fingerprint density at radius 1 is 1.45 bits per heavy atom. The number of benzene rings is 1. The van der Waals surface area contributed by atoms with Gasteiger partial charge >= 0.3 is 0 Å². The standard InChI is InChI=1S/C15H20FN3O/c1-5-20-15-7-6-12(8-14(15)16)17-10(2)13-9-19(4)18-11(13)3/h6-10,17H,5H2,1-4H3. The lowest BCUT2D eigenvalue weighted by Gasteiger charge is -2.15. The van der Waals surface area contributed by atoms with Crippen LogP contribution in [0, 0.1) is 12.7 Å². The highest BCUT2D eigenvalue weighted by Crippen LogP contribution is 2.25. The molecular formula is C15H20FN3O. The summed E-state index contributed by atoms with van der Waals surface area (Å²) < 4.78 is 20.8. The highest BCUT2D eigenvalue weighted by molar-refractivity contribution is 5.49. The number of aryl methyl sites for hydroxylation is 2. The van der Waals surface area contributed by atoms with Gasteiger partial charge in [-0.2, -0.15) is 5.10 Å². The fourth-order valence-electron chi connectivity index (χ4n) is 2.23. The Morgan fingerprint density at radius 2 is 2.20 bits per heavy atom. The topological polar surface area (TPSA) is 39.1 Å². The van der Waals surface area contributed by atoms with Crippen molar-refractivity contribution in [3.8, 4) is 5.75 Å². The second kappa shape index (κ2) is 5.94. The van der Waals surface area contributed by atoms with Crippen LogP contribution in [0.2, 0.25) is 0 Å². The molecule has 0 radical (unpaired) electrons. The van der Waals surface area contributed by atoms with Crippen molar-refractivity contribution < 1.29 is 9.13 Å². The maximum Gasteiger partial charge on any atom is 0.167 e. The fourth-order valence-corrected chi connectivity index (χ4v) is 2.23. The SMILES string of the molecule is CCOc1ccc(NC(C)c2cn(C)nc2C)cc1F. The van der Waals surface area contributed by atoms with Gasteiger partial charge in [0.15, 0.2) is 11.6 Å². The van der Waals surface area contributed by atoms with Crippen LogP contribution < -0.4 is 10.1 Å². The first kappa shape index (κ1) is 14.4. The molecule has 0 bridgehead atoms. The summed E-state index contributed by atoms with van der Waals surface area (Å²) in [7, 11) is 1.89. The highest BCUT2D eigenvalue weighted by Gasteiger charge is 2.12. The number of aromatic nitrogens is 2. The molecule has 108 valence electrons. The lowest BCUT2D eigenvalue weighted by molar-refractivity contribution is 0.321. The van der Waals surface area contributed by atoms with Gasteiger partial charge in [0.25, 0.3) is 0 Å². The predicted molar refractivity (Wildman–Crippen MR) is 77.6 cm³/mol. The highest BCUT2D eigenvalue weighted by atomic mass is 19.1. The lowest BCUT2D eigenvalue weighted by atomic mass is 10.1. The Labute approximate surface area is 118 Å². The van der Waals surface area contributed by atoms with E-state index in [1.807, 2.05) is 40.1 Å². The zero-order chi connectivity index (χ0) is 14.7. The van der Waals surface area contributed by atoms with Gasteiger partial charge in [-0.1, -0.05) is 0 Å². The van der Waals surface area contributed by atoms with Gasteiger partial charge in [0, 0.05) is 30.6 Å². The minimum absolute atomic E-state index is 0.0565. The summed E-state index contributed by atoms with van der Waals surface area (Å²) in [5, 5.41) is 7.59. The van der Waals surface area contributed by atoms with Crippen molar-refractivity contribution >= 4 is 5.69 Å². The first-order valence-corrected chi connectivity index (χ1v) is 6.70. The van der Waals surface area contributed by atoms with Gasteiger partial charge in [-0.3, -0.25) is 4.68 Å². The maximum atomic E-state index is 13.8. The molecule has 1 N–H and O–H groups in total. The molecule has 1 atom stereocenters. The third kappa shape index (κ3) is 3.10. The monoisotopic (exact) mass is 277 g/mol. The van der Waals surface area contributed by atoms with Gasteiger partial charge in [-0.25, -0.2) is 4.39 Å². The largest absolute Gasteiger partial charge is 0.491 e.